The predicted molar refractivity (Wildman–Crippen MR) is 154 cm³/mol. The summed E-state index contributed by atoms with van der Waals surface area (Å²) < 4.78 is 5.27. The molecule has 0 radical (unpaired) electrons. The lowest BCUT2D eigenvalue weighted by Crippen LogP contribution is -2.27. The van der Waals surface area contributed by atoms with Crippen molar-refractivity contribution in [1.29, 1.82) is 0 Å². The number of hydrogen-bond donors (Lipinski definition) is 2. The number of carbonyl (C=O) groups excluding carboxylic acids is 1. The summed E-state index contributed by atoms with van der Waals surface area (Å²) in [6, 6.07) is 28.8. The third kappa shape index (κ3) is 6.54. The number of amides is 1. The number of para-hydroxylation sites is 1. The second-order valence-corrected chi connectivity index (χ2v) is 10.1. The zero-order valence-electron chi connectivity index (χ0n) is 22.1. The minimum atomic E-state index is -0.619. The van der Waals surface area contributed by atoms with Crippen molar-refractivity contribution in [2.75, 3.05) is 17.2 Å². The van der Waals surface area contributed by atoms with Crippen molar-refractivity contribution in [2.45, 2.75) is 32.3 Å². The number of fused-ring (bicyclic) bond motifs is 1. The van der Waals surface area contributed by atoms with Crippen molar-refractivity contribution in [3.8, 4) is 11.4 Å². The summed E-state index contributed by atoms with van der Waals surface area (Å²) in [5, 5.41) is 7.06. The Labute approximate surface area is 227 Å². The summed E-state index contributed by atoms with van der Waals surface area (Å²) >= 11 is 0. The van der Waals surface area contributed by atoms with E-state index in [0.29, 0.717) is 17.9 Å². The number of nitrogens with one attached hydrogen (secondary N) is 2. The molecule has 0 bridgehead atoms. The Bertz CT molecular complexity index is 1510. The maximum atomic E-state index is 12.1. The maximum Gasteiger partial charge on any atom is 0.414 e. The second-order valence-electron chi connectivity index (χ2n) is 10.1. The fraction of sp³-hybridized carbons (Fsp3) is 0.194. The van der Waals surface area contributed by atoms with Gasteiger partial charge in [-0.1, -0.05) is 72.8 Å². The number of ether oxygens (including phenoxy) is 1. The fourth-order valence-electron chi connectivity index (χ4n) is 4.24. The van der Waals surface area contributed by atoms with Gasteiger partial charge in [-0.2, -0.15) is 0 Å². The smallest absolute Gasteiger partial charge is 0.414 e. The Balaban J connectivity index is 1.42. The summed E-state index contributed by atoms with van der Waals surface area (Å²) in [5.41, 5.74) is 3.25. The number of anilines is 2. The lowest BCUT2D eigenvalue weighted by atomic mass is 9.91. The standard InChI is InChI=1S/C31H30N6O2/c1-31(2,3)39-30(38)37-29-33-18-23(19-34-29)27-35-26-17-11-10-16-24(26)28(36-27)32-20-25(21-12-6-4-7-13-21)22-14-8-5-9-15-22/h4-19,25H,20H2,1-3H3,(H,32,35,36)(H,33,34,37,38). The van der Waals surface area contributed by atoms with Crippen LogP contribution in [0.2, 0.25) is 0 Å². The molecule has 0 aliphatic heterocycles. The van der Waals surface area contributed by atoms with E-state index in [-0.39, 0.29) is 11.9 Å². The van der Waals surface area contributed by atoms with E-state index in [1.807, 2.05) is 36.4 Å². The van der Waals surface area contributed by atoms with Gasteiger partial charge in [-0.15, -0.1) is 0 Å². The molecule has 0 unspecified atom stereocenters. The van der Waals surface area contributed by atoms with Gasteiger partial charge in [0.05, 0.1) is 11.1 Å². The van der Waals surface area contributed by atoms with Crippen molar-refractivity contribution < 1.29 is 9.53 Å². The molecule has 0 aliphatic rings. The van der Waals surface area contributed by atoms with Crippen LogP contribution in [0.5, 0.6) is 0 Å². The van der Waals surface area contributed by atoms with E-state index in [9.17, 15) is 4.79 Å². The zero-order chi connectivity index (χ0) is 27.2. The van der Waals surface area contributed by atoms with Crippen LogP contribution in [0.1, 0.15) is 37.8 Å². The average molecular weight is 519 g/mol. The number of carbonyl (C=O) groups is 1. The van der Waals surface area contributed by atoms with Crippen molar-refractivity contribution in [3.05, 3.63) is 108 Å². The highest BCUT2D eigenvalue weighted by Crippen LogP contribution is 2.28. The van der Waals surface area contributed by atoms with Gasteiger partial charge in [0.2, 0.25) is 5.95 Å². The lowest BCUT2D eigenvalue weighted by molar-refractivity contribution is 0.0634. The first kappa shape index (κ1) is 25.8. The Hall–Kier alpha value is -4.85. The Morgan fingerprint density at radius 2 is 1.41 bits per heavy atom. The lowest BCUT2D eigenvalue weighted by Gasteiger charge is -2.20. The first-order chi connectivity index (χ1) is 18.9. The minimum Gasteiger partial charge on any atom is -0.444 e. The van der Waals surface area contributed by atoms with Gasteiger partial charge in [0.1, 0.15) is 11.4 Å². The summed E-state index contributed by atoms with van der Waals surface area (Å²) in [5.74, 6) is 1.48. The van der Waals surface area contributed by atoms with E-state index < -0.39 is 11.7 Å². The number of benzene rings is 3. The van der Waals surface area contributed by atoms with Gasteiger partial charge in [-0.25, -0.2) is 24.7 Å². The van der Waals surface area contributed by atoms with Crippen molar-refractivity contribution >= 4 is 28.8 Å². The molecule has 0 saturated heterocycles. The number of aromatic nitrogens is 4. The normalized spacial score (nSPS) is 11.4. The van der Waals surface area contributed by atoms with E-state index in [1.165, 1.54) is 11.1 Å². The molecule has 3 aromatic carbocycles. The van der Waals surface area contributed by atoms with E-state index in [0.717, 1.165) is 16.7 Å². The molecule has 196 valence electrons. The molecule has 0 aliphatic carbocycles. The van der Waals surface area contributed by atoms with Gasteiger partial charge in [-0.3, -0.25) is 5.32 Å². The first-order valence-electron chi connectivity index (χ1n) is 12.8. The first-order valence-corrected chi connectivity index (χ1v) is 12.8. The highest BCUT2D eigenvalue weighted by Gasteiger charge is 2.18. The molecule has 0 spiro atoms. The molecule has 2 N–H and O–H groups in total. The third-order valence-corrected chi connectivity index (χ3v) is 6.00. The second kappa shape index (κ2) is 11.3. The third-order valence-electron chi connectivity index (χ3n) is 6.00. The molecular weight excluding hydrogens is 488 g/mol. The van der Waals surface area contributed by atoms with Gasteiger partial charge in [-0.05, 0) is 44.0 Å². The van der Waals surface area contributed by atoms with Gasteiger partial charge in [0.25, 0.3) is 0 Å². The van der Waals surface area contributed by atoms with Gasteiger partial charge >= 0.3 is 6.09 Å². The van der Waals surface area contributed by atoms with Crippen LogP contribution in [-0.2, 0) is 4.74 Å². The molecule has 0 saturated carbocycles. The molecule has 0 fully saturated rings. The zero-order valence-corrected chi connectivity index (χ0v) is 22.1. The number of rotatable bonds is 7. The molecule has 39 heavy (non-hydrogen) atoms. The summed E-state index contributed by atoms with van der Waals surface area (Å²) in [7, 11) is 0. The van der Waals surface area contributed by atoms with Gasteiger partial charge in [0, 0.05) is 30.2 Å². The molecule has 8 heteroatoms. The van der Waals surface area contributed by atoms with Crippen molar-refractivity contribution in [3.63, 3.8) is 0 Å². The Morgan fingerprint density at radius 3 is 2.03 bits per heavy atom. The van der Waals surface area contributed by atoms with Crippen LogP contribution in [0.25, 0.3) is 22.3 Å². The average Bonchev–Trinajstić information content (AvgIpc) is 2.93. The van der Waals surface area contributed by atoms with Crippen LogP contribution in [0, 0.1) is 0 Å². The van der Waals surface area contributed by atoms with Crippen molar-refractivity contribution in [2.24, 2.45) is 0 Å². The van der Waals surface area contributed by atoms with Gasteiger partial charge in [0.15, 0.2) is 5.82 Å². The summed E-state index contributed by atoms with van der Waals surface area (Å²) in [4.78, 5) is 30.2. The van der Waals surface area contributed by atoms with Crippen molar-refractivity contribution in [1.82, 2.24) is 19.9 Å². The van der Waals surface area contributed by atoms with E-state index in [4.69, 9.17) is 14.7 Å². The molecule has 2 heterocycles. The molecular formula is C31H30N6O2. The van der Waals surface area contributed by atoms with Crippen LogP contribution in [0.15, 0.2) is 97.3 Å². The molecule has 8 nitrogen and oxygen atoms in total. The van der Waals surface area contributed by atoms with Crippen LogP contribution in [0.4, 0.5) is 16.6 Å². The van der Waals surface area contributed by atoms with E-state index >= 15 is 0 Å². The molecule has 0 atom stereocenters. The summed E-state index contributed by atoms with van der Waals surface area (Å²) in [6.07, 6.45) is 2.56. The molecule has 5 rings (SSSR count). The maximum absolute atomic E-state index is 12.1. The number of hydrogen-bond acceptors (Lipinski definition) is 7. The Morgan fingerprint density at radius 1 is 0.821 bits per heavy atom. The fourth-order valence-corrected chi connectivity index (χ4v) is 4.24. The van der Waals surface area contributed by atoms with E-state index in [2.05, 4.69) is 69.1 Å². The minimum absolute atomic E-state index is 0.131. The van der Waals surface area contributed by atoms with Crippen LogP contribution >= 0.6 is 0 Å². The SMILES string of the molecule is CC(C)(C)OC(=O)Nc1ncc(-c2nc(NCC(c3ccccc3)c3ccccc3)c3ccccc3n2)cn1. The quantitative estimate of drug-likeness (QED) is 0.248. The van der Waals surface area contributed by atoms with Crippen LogP contribution < -0.4 is 10.6 Å². The predicted octanol–water partition coefficient (Wildman–Crippen LogP) is 6.68. The highest BCUT2D eigenvalue weighted by molar-refractivity contribution is 5.90. The highest BCUT2D eigenvalue weighted by atomic mass is 16.6. The number of nitrogens with zero attached hydrogens (tertiary/aromatic N) is 4. The van der Waals surface area contributed by atoms with Crippen LogP contribution in [0.3, 0.4) is 0 Å². The topological polar surface area (TPSA) is 102 Å². The molecule has 5 aromatic rings. The largest absolute Gasteiger partial charge is 0.444 e. The summed E-state index contributed by atoms with van der Waals surface area (Å²) in [6.45, 7) is 6.02. The Kier molecular flexibility index (Phi) is 7.45. The molecule has 2 aromatic heterocycles. The molecule has 1 amide bonds. The monoisotopic (exact) mass is 518 g/mol. The van der Waals surface area contributed by atoms with E-state index in [1.54, 1.807) is 33.2 Å². The van der Waals surface area contributed by atoms with Gasteiger partial charge < -0.3 is 10.1 Å². The van der Waals surface area contributed by atoms with Crippen LogP contribution in [-0.4, -0.2) is 38.2 Å².